The van der Waals surface area contributed by atoms with Gasteiger partial charge in [-0.1, -0.05) is 30.3 Å². The first kappa shape index (κ1) is 16.8. The molecule has 0 heterocycles. The number of ketones is 1. The quantitative estimate of drug-likeness (QED) is 0.622. The van der Waals surface area contributed by atoms with E-state index in [1.165, 1.54) is 5.56 Å². The Hall–Kier alpha value is -3.07. The van der Waals surface area contributed by atoms with Gasteiger partial charge in [-0.2, -0.15) is 0 Å². The van der Waals surface area contributed by atoms with Crippen molar-refractivity contribution in [3.8, 4) is 11.5 Å². The number of carbonyl (C=O) groups is 1. The van der Waals surface area contributed by atoms with Gasteiger partial charge in [0.1, 0.15) is 11.5 Å². The van der Waals surface area contributed by atoms with Crippen LogP contribution in [-0.4, -0.2) is 20.0 Å². The zero-order chi connectivity index (χ0) is 17.6. The monoisotopic (exact) mass is 332 g/mol. The molecular weight excluding hydrogens is 312 g/mol. The molecule has 25 heavy (non-hydrogen) atoms. The molecule has 0 radical (unpaired) electrons. The van der Waals surface area contributed by atoms with Crippen molar-refractivity contribution in [2.24, 2.45) is 0 Å². The predicted octanol–water partition coefficient (Wildman–Crippen LogP) is 4.53. The Labute approximate surface area is 147 Å². The molecule has 126 valence electrons. The standard InChI is InChI=1S/C22H20O3/c1-24-20-10-6-16(7-11-20)14-17-4-3-5-19(15-17)22(23)18-8-12-21(25-2)13-9-18/h3-13,15H,14H2,1-2H3. The molecule has 3 aromatic carbocycles. The number of ether oxygens (including phenoxy) is 2. The van der Waals surface area contributed by atoms with E-state index in [9.17, 15) is 4.79 Å². The molecule has 0 aliphatic carbocycles. The zero-order valence-electron chi connectivity index (χ0n) is 14.4. The highest BCUT2D eigenvalue weighted by molar-refractivity contribution is 6.09. The summed E-state index contributed by atoms with van der Waals surface area (Å²) in [4.78, 5) is 12.7. The summed E-state index contributed by atoms with van der Waals surface area (Å²) in [7, 11) is 3.27. The van der Waals surface area contributed by atoms with Gasteiger partial charge in [-0.15, -0.1) is 0 Å². The van der Waals surface area contributed by atoms with Gasteiger partial charge in [0.15, 0.2) is 5.78 Å². The fraction of sp³-hybridized carbons (Fsp3) is 0.136. The molecular formula is C22H20O3. The van der Waals surface area contributed by atoms with Crippen LogP contribution >= 0.6 is 0 Å². The molecule has 0 spiro atoms. The van der Waals surface area contributed by atoms with Crippen molar-refractivity contribution < 1.29 is 14.3 Å². The Morgan fingerprint density at radius 3 is 1.92 bits per heavy atom. The average molecular weight is 332 g/mol. The Kier molecular flexibility index (Phi) is 5.14. The largest absolute Gasteiger partial charge is 0.497 e. The van der Waals surface area contributed by atoms with Crippen molar-refractivity contribution in [3.05, 3.63) is 95.1 Å². The van der Waals surface area contributed by atoms with Crippen LogP contribution in [0, 0.1) is 0 Å². The Balaban J connectivity index is 1.78. The smallest absolute Gasteiger partial charge is 0.193 e. The molecule has 0 saturated carbocycles. The highest BCUT2D eigenvalue weighted by Crippen LogP contribution is 2.18. The van der Waals surface area contributed by atoms with E-state index in [1.54, 1.807) is 38.5 Å². The molecule has 0 fully saturated rings. The molecule has 0 aromatic heterocycles. The minimum absolute atomic E-state index is 0.0132. The average Bonchev–Trinajstić information content (AvgIpc) is 2.68. The second-order valence-electron chi connectivity index (χ2n) is 5.78. The third-order valence-corrected chi connectivity index (χ3v) is 4.11. The zero-order valence-corrected chi connectivity index (χ0v) is 14.4. The second-order valence-corrected chi connectivity index (χ2v) is 5.78. The summed E-state index contributed by atoms with van der Waals surface area (Å²) in [5.74, 6) is 1.59. The molecule has 0 amide bonds. The second kappa shape index (κ2) is 7.67. The van der Waals surface area contributed by atoms with Gasteiger partial charge >= 0.3 is 0 Å². The van der Waals surface area contributed by atoms with E-state index in [-0.39, 0.29) is 5.78 Å². The number of carbonyl (C=O) groups excluding carboxylic acids is 1. The van der Waals surface area contributed by atoms with Crippen LogP contribution in [0.5, 0.6) is 11.5 Å². The van der Waals surface area contributed by atoms with E-state index in [4.69, 9.17) is 9.47 Å². The van der Waals surface area contributed by atoms with E-state index >= 15 is 0 Å². The van der Waals surface area contributed by atoms with Crippen LogP contribution in [0.25, 0.3) is 0 Å². The van der Waals surface area contributed by atoms with E-state index in [0.717, 1.165) is 23.5 Å². The summed E-state index contributed by atoms with van der Waals surface area (Å²) < 4.78 is 10.3. The van der Waals surface area contributed by atoms with Crippen molar-refractivity contribution in [3.63, 3.8) is 0 Å². The topological polar surface area (TPSA) is 35.5 Å². The maximum atomic E-state index is 12.7. The summed E-state index contributed by atoms with van der Waals surface area (Å²) in [6.07, 6.45) is 0.772. The minimum atomic E-state index is 0.0132. The Morgan fingerprint density at radius 1 is 0.720 bits per heavy atom. The van der Waals surface area contributed by atoms with Gasteiger partial charge in [-0.3, -0.25) is 4.79 Å². The van der Waals surface area contributed by atoms with E-state index in [2.05, 4.69) is 0 Å². The lowest BCUT2D eigenvalue weighted by molar-refractivity contribution is 0.103. The molecule has 0 aliphatic heterocycles. The number of benzene rings is 3. The van der Waals surface area contributed by atoms with Crippen molar-refractivity contribution in [1.29, 1.82) is 0 Å². The molecule has 0 unspecified atom stereocenters. The summed E-state index contributed by atoms with van der Waals surface area (Å²) in [6, 6.07) is 22.9. The Bertz CT molecular complexity index is 849. The fourth-order valence-corrected chi connectivity index (χ4v) is 2.71. The van der Waals surface area contributed by atoms with E-state index < -0.39 is 0 Å². The molecule has 0 saturated heterocycles. The van der Waals surface area contributed by atoms with E-state index in [1.807, 2.05) is 48.5 Å². The van der Waals surface area contributed by atoms with Gasteiger partial charge in [-0.25, -0.2) is 0 Å². The third-order valence-electron chi connectivity index (χ3n) is 4.11. The lowest BCUT2D eigenvalue weighted by Crippen LogP contribution is -2.02. The molecule has 0 N–H and O–H groups in total. The molecule has 3 aromatic rings. The third kappa shape index (κ3) is 4.07. The van der Waals surface area contributed by atoms with Gasteiger partial charge in [0.25, 0.3) is 0 Å². The van der Waals surface area contributed by atoms with Crippen LogP contribution in [0.2, 0.25) is 0 Å². The van der Waals surface area contributed by atoms with Gasteiger partial charge in [0, 0.05) is 11.1 Å². The van der Waals surface area contributed by atoms with Gasteiger partial charge < -0.3 is 9.47 Å². The van der Waals surface area contributed by atoms with Crippen LogP contribution < -0.4 is 9.47 Å². The van der Waals surface area contributed by atoms with Crippen LogP contribution in [-0.2, 0) is 6.42 Å². The highest BCUT2D eigenvalue weighted by Gasteiger charge is 2.10. The summed E-state index contributed by atoms with van der Waals surface area (Å²) in [5, 5.41) is 0. The minimum Gasteiger partial charge on any atom is -0.497 e. The normalized spacial score (nSPS) is 10.3. The predicted molar refractivity (Wildman–Crippen MR) is 98.7 cm³/mol. The van der Waals surface area contributed by atoms with Crippen molar-refractivity contribution in [2.75, 3.05) is 14.2 Å². The molecule has 0 aliphatic rings. The molecule has 0 atom stereocenters. The van der Waals surface area contributed by atoms with E-state index in [0.29, 0.717) is 11.1 Å². The molecule has 3 heteroatoms. The summed E-state index contributed by atoms with van der Waals surface area (Å²) >= 11 is 0. The number of methoxy groups -OCH3 is 2. The highest BCUT2D eigenvalue weighted by atomic mass is 16.5. The lowest BCUT2D eigenvalue weighted by Gasteiger charge is -2.07. The fourth-order valence-electron chi connectivity index (χ4n) is 2.71. The molecule has 0 bridgehead atoms. The summed E-state index contributed by atoms with van der Waals surface area (Å²) in [5.41, 5.74) is 3.62. The van der Waals surface area contributed by atoms with Crippen LogP contribution in [0.15, 0.2) is 72.8 Å². The van der Waals surface area contributed by atoms with Crippen molar-refractivity contribution >= 4 is 5.78 Å². The first-order valence-electron chi connectivity index (χ1n) is 8.10. The van der Waals surface area contributed by atoms with Gasteiger partial charge in [0.05, 0.1) is 14.2 Å². The molecule has 3 rings (SSSR count). The first-order chi connectivity index (χ1) is 12.2. The maximum absolute atomic E-state index is 12.7. The Morgan fingerprint density at radius 2 is 1.32 bits per heavy atom. The van der Waals surface area contributed by atoms with Crippen LogP contribution in [0.1, 0.15) is 27.0 Å². The molecule has 3 nitrogen and oxygen atoms in total. The van der Waals surface area contributed by atoms with Gasteiger partial charge in [0.2, 0.25) is 0 Å². The van der Waals surface area contributed by atoms with Crippen LogP contribution in [0.3, 0.4) is 0 Å². The SMILES string of the molecule is COc1ccc(Cc2cccc(C(=O)c3ccc(OC)cc3)c2)cc1. The van der Waals surface area contributed by atoms with Crippen molar-refractivity contribution in [2.45, 2.75) is 6.42 Å². The van der Waals surface area contributed by atoms with Gasteiger partial charge in [-0.05, 0) is 60.0 Å². The maximum Gasteiger partial charge on any atom is 0.193 e. The summed E-state index contributed by atoms with van der Waals surface area (Å²) in [6.45, 7) is 0. The van der Waals surface area contributed by atoms with Crippen molar-refractivity contribution in [1.82, 2.24) is 0 Å². The first-order valence-corrected chi connectivity index (χ1v) is 8.10. The number of rotatable bonds is 6. The number of hydrogen-bond acceptors (Lipinski definition) is 3. The lowest BCUT2D eigenvalue weighted by atomic mass is 9.98. The van der Waals surface area contributed by atoms with Crippen LogP contribution in [0.4, 0.5) is 0 Å². The number of hydrogen-bond donors (Lipinski definition) is 0.